The summed E-state index contributed by atoms with van der Waals surface area (Å²) in [5, 5.41) is 0. The van der Waals surface area contributed by atoms with Crippen LogP contribution in [0.15, 0.2) is 157 Å². The van der Waals surface area contributed by atoms with Crippen molar-refractivity contribution >= 4 is 42.3 Å². The molecule has 0 N–H and O–H groups in total. The van der Waals surface area contributed by atoms with Gasteiger partial charge in [0.25, 0.3) is 0 Å². The number of hydrogen-bond acceptors (Lipinski definition) is 4. The van der Waals surface area contributed by atoms with Crippen LogP contribution in [0.5, 0.6) is 0 Å². The second kappa shape index (κ2) is 12.6. The predicted molar refractivity (Wildman–Crippen MR) is 200 cm³/mol. The third-order valence-corrected chi connectivity index (χ3v) is 9.75. The molecule has 3 nitrogen and oxygen atoms in total. The largest absolute Gasteiger partial charge is 0.494 e. The lowest BCUT2D eigenvalue weighted by atomic mass is 9.78. The second-order valence-electron chi connectivity index (χ2n) is 13.1. The summed E-state index contributed by atoms with van der Waals surface area (Å²) in [6.07, 6.45) is 0. The maximum absolute atomic E-state index is 6.37. The first kappa shape index (κ1) is 31.1. The highest BCUT2D eigenvalue weighted by molar-refractivity contribution is 7.80. The normalized spacial score (nSPS) is 15.0. The van der Waals surface area contributed by atoms with Crippen LogP contribution in [0.3, 0.4) is 0 Å². The van der Waals surface area contributed by atoms with Gasteiger partial charge in [0, 0.05) is 22.0 Å². The summed E-state index contributed by atoms with van der Waals surface area (Å²) in [4.78, 5) is 3.25. The molecular weight excluding hydrogens is 593 g/mol. The molecule has 0 aliphatic carbocycles. The number of anilines is 3. The summed E-state index contributed by atoms with van der Waals surface area (Å²) >= 11 is 4.85. The van der Waals surface area contributed by atoms with Gasteiger partial charge < -0.3 is 14.2 Å². The van der Waals surface area contributed by atoms with Crippen molar-refractivity contribution in [1.82, 2.24) is 0 Å². The van der Waals surface area contributed by atoms with Crippen LogP contribution < -0.4 is 10.4 Å². The highest BCUT2D eigenvalue weighted by Gasteiger charge is 2.51. The zero-order chi connectivity index (χ0) is 32.6. The van der Waals surface area contributed by atoms with Crippen molar-refractivity contribution in [2.24, 2.45) is 0 Å². The molecule has 1 heterocycles. The van der Waals surface area contributed by atoms with Gasteiger partial charge in [0.1, 0.15) is 0 Å². The maximum Gasteiger partial charge on any atom is 0.494 e. The molecule has 1 aliphatic heterocycles. The van der Waals surface area contributed by atoms with Crippen molar-refractivity contribution in [1.29, 1.82) is 0 Å². The molecule has 0 bridgehead atoms. The van der Waals surface area contributed by atoms with Gasteiger partial charge in [-0.3, -0.25) is 0 Å². The smallest absolute Gasteiger partial charge is 0.399 e. The monoisotopic (exact) mass is 631 g/mol. The Hall–Kier alpha value is -4.55. The van der Waals surface area contributed by atoms with Gasteiger partial charge in [-0.1, -0.05) is 97.1 Å². The Labute approximate surface area is 284 Å². The van der Waals surface area contributed by atoms with E-state index >= 15 is 0 Å². The standard InChI is InChI=1S/C42H38BNO2S/c1-41(2)42(3,4)46-43(45-41)35-18-14-17-32(27-35)30-15-13-16-31(25-30)33-26-34(39-23-11-12-24-40(39)47)29-38(28-33)44(36-19-7-5-8-20-36)37-21-9-6-10-22-37/h5-29,47H,1-4H3. The molecule has 0 amide bonds. The number of nitrogens with zero attached hydrogens (tertiary/aromatic N) is 1. The summed E-state index contributed by atoms with van der Waals surface area (Å²) in [5.74, 6) is 0. The molecule has 6 aromatic rings. The van der Waals surface area contributed by atoms with E-state index in [0.29, 0.717) is 0 Å². The van der Waals surface area contributed by atoms with Crippen LogP contribution >= 0.6 is 12.6 Å². The van der Waals surface area contributed by atoms with E-state index in [-0.39, 0.29) is 0 Å². The summed E-state index contributed by atoms with van der Waals surface area (Å²) in [6.45, 7) is 8.36. The number of benzene rings is 6. The van der Waals surface area contributed by atoms with E-state index < -0.39 is 18.3 Å². The molecule has 47 heavy (non-hydrogen) atoms. The Balaban J connectivity index is 1.34. The van der Waals surface area contributed by atoms with E-state index in [1.165, 1.54) is 0 Å². The SMILES string of the molecule is CC1(C)OB(c2cccc(-c3cccc(-c4cc(-c5ccccc5S)cc(N(c5ccccc5)c5ccccc5)c4)c3)c2)OC1(C)C. The number of thiol groups is 1. The summed E-state index contributed by atoms with van der Waals surface area (Å²) < 4.78 is 12.7. The quantitative estimate of drug-likeness (QED) is 0.140. The Morgan fingerprint density at radius 1 is 0.468 bits per heavy atom. The fourth-order valence-electron chi connectivity index (χ4n) is 6.10. The molecule has 6 aromatic carbocycles. The molecule has 0 radical (unpaired) electrons. The van der Waals surface area contributed by atoms with E-state index in [1.807, 2.05) is 12.1 Å². The topological polar surface area (TPSA) is 21.7 Å². The van der Waals surface area contributed by atoms with Crippen LogP contribution in [0.25, 0.3) is 33.4 Å². The van der Waals surface area contributed by atoms with Gasteiger partial charge in [0.05, 0.1) is 11.2 Å². The molecule has 1 fully saturated rings. The van der Waals surface area contributed by atoms with Crippen LogP contribution in [0.4, 0.5) is 17.1 Å². The van der Waals surface area contributed by atoms with Crippen molar-refractivity contribution < 1.29 is 9.31 Å². The van der Waals surface area contributed by atoms with E-state index in [1.54, 1.807) is 0 Å². The lowest BCUT2D eigenvalue weighted by Crippen LogP contribution is -2.41. The van der Waals surface area contributed by atoms with Crippen LogP contribution in [-0.4, -0.2) is 18.3 Å². The van der Waals surface area contributed by atoms with Crippen molar-refractivity contribution in [2.75, 3.05) is 4.90 Å². The summed E-state index contributed by atoms with van der Waals surface area (Å²) in [6, 6.07) is 53.4. The van der Waals surface area contributed by atoms with Crippen molar-refractivity contribution in [2.45, 2.75) is 43.8 Å². The zero-order valence-corrected chi connectivity index (χ0v) is 28.1. The fourth-order valence-corrected chi connectivity index (χ4v) is 6.39. The Bertz CT molecular complexity index is 1970. The minimum absolute atomic E-state index is 0.394. The minimum Gasteiger partial charge on any atom is -0.399 e. The molecule has 5 heteroatoms. The van der Waals surface area contributed by atoms with Crippen molar-refractivity contribution in [3.63, 3.8) is 0 Å². The molecule has 0 aromatic heterocycles. The molecular formula is C42H38BNO2S. The average molecular weight is 632 g/mol. The zero-order valence-electron chi connectivity index (χ0n) is 27.2. The Morgan fingerprint density at radius 2 is 0.957 bits per heavy atom. The molecule has 0 unspecified atom stereocenters. The van der Waals surface area contributed by atoms with Gasteiger partial charge in [0.15, 0.2) is 0 Å². The van der Waals surface area contributed by atoms with Gasteiger partial charge in [-0.05, 0) is 121 Å². The Kier molecular flexibility index (Phi) is 8.31. The third kappa shape index (κ3) is 6.27. The molecule has 232 valence electrons. The highest BCUT2D eigenvalue weighted by Crippen LogP contribution is 2.41. The third-order valence-electron chi connectivity index (χ3n) is 9.36. The molecule has 7 rings (SSSR count). The second-order valence-corrected chi connectivity index (χ2v) is 13.6. The van der Waals surface area contributed by atoms with E-state index in [0.717, 1.165) is 60.8 Å². The maximum atomic E-state index is 6.37. The van der Waals surface area contributed by atoms with Crippen molar-refractivity contribution in [3.05, 3.63) is 152 Å². The highest BCUT2D eigenvalue weighted by atomic mass is 32.1. The molecule has 1 aliphatic rings. The van der Waals surface area contributed by atoms with Crippen molar-refractivity contribution in [3.8, 4) is 33.4 Å². The van der Waals surface area contributed by atoms with E-state index in [2.05, 4.69) is 172 Å². The lowest BCUT2D eigenvalue weighted by Gasteiger charge is -2.32. The van der Waals surface area contributed by atoms with Gasteiger partial charge in [-0.25, -0.2) is 0 Å². The van der Waals surface area contributed by atoms with Crippen LogP contribution in [0.1, 0.15) is 27.7 Å². The minimum atomic E-state index is -0.411. The van der Waals surface area contributed by atoms with Gasteiger partial charge in [-0.15, -0.1) is 12.6 Å². The molecule has 0 saturated carbocycles. The number of rotatable bonds is 7. The van der Waals surface area contributed by atoms with Crippen LogP contribution in [-0.2, 0) is 9.31 Å². The van der Waals surface area contributed by atoms with E-state index in [9.17, 15) is 0 Å². The Morgan fingerprint density at radius 3 is 1.57 bits per heavy atom. The van der Waals surface area contributed by atoms with Gasteiger partial charge in [-0.2, -0.15) is 0 Å². The van der Waals surface area contributed by atoms with Crippen LogP contribution in [0.2, 0.25) is 0 Å². The summed E-state index contributed by atoms with van der Waals surface area (Å²) in [7, 11) is -0.411. The first-order chi connectivity index (χ1) is 22.7. The lowest BCUT2D eigenvalue weighted by molar-refractivity contribution is 0.00578. The predicted octanol–water partition coefficient (Wildman–Crippen LogP) is 10.7. The van der Waals surface area contributed by atoms with Crippen LogP contribution in [0, 0.1) is 0 Å². The van der Waals surface area contributed by atoms with E-state index in [4.69, 9.17) is 21.9 Å². The van der Waals surface area contributed by atoms with Gasteiger partial charge >= 0.3 is 7.12 Å². The molecule has 0 atom stereocenters. The first-order valence-electron chi connectivity index (χ1n) is 16.1. The molecule has 1 saturated heterocycles. The fraction of sp³-hybridized carbons (Fsp3) is 0.143. The van der Waals surface area contributed by atoms with Gasteiger partial charge in [0.2, 0.25) is 0 Å². The number of para-hydroxylation sites is 2. The first-order valence-corrected chi connectivity index (χ1v) is 16.5. The number of hydrogen-bond donors (Lipinski definition) is 1. The summed E-state index contributed by atoms with van der Waals surface area (Å²) in [5.41, 5.74) is 10.2. The molecule has 0 spiro atoms. The average Bonchev–Trinajstić information content (AvgIpc) is 3.32.